The van der Waals surface area contributed by atoms with E-state index in [4.69, 9.17) is 14.8 Å². The van der Waals surface area contributed by atoms with Crippen molar-refractivity contribution in [3.8, 4) is 0 Å². The van der Waals surface area contributed by atoms with Gasteiger partial charge in [0.2, 0.25) is 0 Å². The molecule has 0 saturated heterocycles. The van der Waals surface area contributed by atoms with E-state index < -0.39 is 24.5 Å². The molecule has 0 aliphatic heterocycles. The van der Waals surface area contributed by atoms with Crippen molar-refractivity contribution >= 4 is 18.6 Å². The molecule has 1 aromatic rings. The van der Waals surface area contributed by atoms with Crippen molar-refractivity contribution in [1.82, 2.24) is 0 Å². The molecule has 0 radical (unpaired) electrons. The highest BCUT2D eigenvalue weighted by molar-refractivity contribution is 6.59. The van der Waals surface area contributed by atoms with Gasteiger partial charge < -0.3 is 14.8 Å². The minimum atomic E-state index is -1.83. The number of esters is 1. The lowest BCUT2D eigenvalue weighted by molar-refractivity contribution is 0.00691. The standard InChI is InChI=1S/C12H16BFO4/c1-7-9(13(16)17)5-8(6-10(7)14)11(15)18-12(2,3)4/h5-6,16-17H,1-4H3. The topological polar surface area (TPSA) is 66.8 Å². The fourth-order valence-corrected chi connectivity index (χ4v) is 1.42. The number of hydrogen-bond donors (Lipinski definition) is 2. The minimum absolute atomic E-state index is 0.0453. The SMILES string of the molecule is Cc1c(F)cc(C(=O)OC(C)(C)C)cc1B(O)O. The highest BCUT2D eigenvalue weighted by Gasteiger charge is 2.23. The zero-order valence-electron chi connectivity index (χ0n) is 10.8. The fourth-order valence-electron chi connectivity index (χ4n) is 1.42. The largest absolute Gasteiger partial charge is 0.488 e. The predicted octanol–water partition coefficient (Wildman–Crippen LogP) is 0.769. The van der Waals surface area contributed by atoms with Crippen molar-refractivity contribution in [2.45, 2.75) is 33.3 Å². The molecule has 0 aliphatic carbocycles. The van der Waals surface area contributed by atoms with Crippen LogP contribution >= 0.6 is 0 Å². The average molecular weight is 254 g/mol. The van der Waals surface area contributed by atoms with Crippen LogP contribution in [0.15, 0.2) is 12.1 Å². The smallest absolute Gasteiger partial charge is 0.456 e. The molecular formula is C12H16BFO4. The van der Waals surface area contributed by atoms with E-state index in [0.29, 0.717) is 0 Å². The number of benzene rings is 1. The van der Waals surface area contributed by atoms with Gasteiger partial charge in [-0.05, 0) is 50.9 Å². The first kappa shape index (κ1) is 14.7. The minimum Gasteiger partial charge on any atom is -0.456 e. The van der Waals surface area contributed by atoms with Crippen LogP contribution in [0.3, 0.4) is 0 Å². The van der Waals surface area contributed by atoms with Crippen LogP contribution in [0.5, 0.6) is 0 Å². The molecule has 0 fully saturated rings. The summed E-state index contributed by atoms with van der Waals surface area (Å²) in [7, 11) is -1.83. The lowest BCUT2D eigenvalue weighted by Gasteiger charge is -2.20. The van der Waals surface area contributed by atoms with Gasteiger partial charge in [0.05, 0.1) is 5.56 Å². The lowest BCUT2D eigenvalue weighted by Crippen LogP contribution is -2.34. The summed E-state index contributed by atoms with van der Waals surface area (Å²) in [5.41, 5.74) is -0.694. The van der Waals surface area contributed by atoms with Gasteiger partial charge in [-0.1, -0.05) is 0 Å². The molecule has 2 N–H and O–H groups in total. The van der Waals surface area contributed by atoms with Gasteiger partial charge in [0.25, 0.3) is 0 Å². The molecular weight excluding hydrogens is 238 g/mol. The summed E-state index contributed by atoms with van der Waals surface area (Å²) in [5, 5.41) is 18.2. The third kappa shape index (κ3) is 3.55. The first-order valence-corrected chi connectivity index (χ1v) is 5.51. The van der Waals surface area contributed by atoms with Gasteiger partial charge in [-0.25, -0.2) is 9.18 Å². The summed E-state index contributed by atoms with van der Waals surface area (Å²) in [4.78, 5) is 11.7. The van der Waals surface area contributed by atoms with Gasteiger partial charge in [0, 0.05) is 0 Å². The Balaban J connectivity index is 3.15. The second-order valence-corrected chi connectivity index (χ2v) is 5.05. The quantitative estimate of drug-likeness (QED) is 0.604. The van der Waals surface area contributed by atoms with E-state index in [1.165, 1.54) is 13.0 Å². The number of rotatable bonds is 2. The number of ether oxygens (including phenoxy) is 1. The van der Waals surface area contributed by atoms with Gasteiger partial charge in [-0.15, -0.1) is 0 Å². The Morgan fingerprint density at radius 3 is 2.33 bits per heavy atom. The molecule has 0 heterocycles. The molecule has 0 unspecified atom stereocenters. The van der Waals surface area contributed by atoms with E-state index in [2.05, 4.69) is 0 Å². The fraction of sp³-hybridized carbons (Fsp3) is 0.417. The summed E-state index contributed by atoms with van der Waals surface area (Å²) >= 11 is 0. The third-order valence-corrected chi connectivity index (χ3v) is 2.30. The summed E-state index contributed by atoms with van der Waals surface area (Å²) in [5.74, 6) is -1.38. The van der Waals surface area contributed by atoms with Crippen LogP contribution in [-0.2, 0) is 4.74 Å². The van der Waals surface area contributed by atoms with Crippen molar-refractivity contribution in [2.24, 2.45) is 0 Å². The molecule has 6 heteroatoms. The maximum Gasteiger partial charge on any atom is 0.488 e. The molecule has 0 atom stereocenters. The molecule has 1 rings (SSSR count). The molecule has 0 bridgehead atoms. The van der Waals surface area contributed by atoms with Gasteiger partial charge in [0.1, 0.15) is 11.4 Å². The Bertz CT molecular complexity index is 466. The van der Waals surface area contributed by atoms with Crippen molar-refractivity contribution in [3.05, 3.63) is 29.1 Å². The van der Waals surface area contributed by atoms with Crippen LogP contribution in [0.25, 0.3) is 0 Å². The van der Waals surface area contributed by atoms with E-state index >= 15 is 0 Å². The maximum absolute atomic E-state index is 13.6. The first-order valence-electron chi connectivity index (χ1n) is 5.51. The van der Waals surface area contributed by atoms with Crippen molar-refractivity contribution < 1.29 is 24.0 Å². The number of carbonyl (C=O) groups excluding carboxylic acids is 1. The van der Waals surface area contributed by atoms with Crippen LogP contribution in [0.2, 0.25) is 0 Å². The summed E-state index contributed by atoms with van der Waals surface area (Å²) in [6.07, 6.45) is 0. The molecule has 0 aromatic heterocycles. The monoisotopic (exact) mass is 254 g/mol. The Morgan fingerprint density at radius 2 is 1.89 bits per heavy atom. The Hall–Kier alpha value is -1.40. The van der Waals surface area contributed by atoms with Crippen LogP contribution in [0.4, 0.5) is 4.39 Å². The molecule has 98 valence electrons. The maximum atomic E-state index is 13.6. The second-order valence-electron chi connectivity index (χ2n) is 5.05. The van der Waals surface area contributed by atoms with Crippen LogP contribution in [-0.4, -0.2) is 28.7 Å². The van der Waals surface area contributed by atoms with Crippen LogP contribution in [0.1, 0.15) is 36.7 Å². The molecule has 18 heavy (non-hydrogen) atoms. The van der Waals surface area contributed by atoms with E-state index in [-0.39, 0.29) is 16.6 Å². The second kappa shape index (κ2) is 5.08. The lowest BCUT2D eigenvalue weighted by atomic mass is 9.76. The van der Waals surface area contributed by atoms with E-state index in [1.807, 2.05) is 0 Å². The molecule has 0 aliphatic rings. The van der Waals surface area contributed by atoms with Crippen molar-refractivity contribution in [1.29, 1.82) is 0 Å². The normalized spacial score (nSPS) is 11.3. The number of halogens is 1. The predicted molar refractivity (Wildman–Crippen MR) is 66.1 cm³/mol. The highest BCUT2D eigenvalue weighted by Crippen LogP contribution is 2.14. The Labute approximate surface area is 106 Å². The van der Waals surface area contributed by atoms with Gasteiger partial charge in [-0.3, -0.25) is 0 Å². The average Bonchev–Trinajstić information content (AvgIpc) is 2.18. The molecule has 4 nitrogen and oxygen atoms in total. The van der Waals surface area contributed by atoms with Gasteiger partial charge in [-0.2, -0.15) is 0 Å². The van der Waals surface area contributed by atoms with E-state index in [1.54, 1.807) is 20.8 Å². The third-order valence-electron chi connectivity index (χ3n) is 2.30. The van der Waals surface area contributed by atoms with Crippen molar-refractivity contribution in [3.63, 3.8) is 0 Å². The van der Waals surface area contributed by atoms with Gasteiger partial charge >= 0.3 is 13.1 Å². The molecule has 1 aromatic carbocycles. The molecule has 0 saturated carbocycles. The summed E-state index contributed by atoms with van der Waals surface area (Å²) in [6.45, 7) is 6.48. The van der Waals surface area contributed by atoms with Crippen LogP contribution in [0, 0.1) is 12.7 Å². The highest BCUT2D eigenvalue weighted by atomic mass is 19.1. The molecule has 0 amide bonds. The van der Waals surface area contributed by atoms with Crippen molar-refractivity contribution in [2.75, 3.05) is 0 Å². The summed E-state index contributed by atoms with van der Waals surface area (Å²) in [6, 6.07) is 2.24. The number of hydrogen-bond acceptors (Lipinski definition) is 4. The van der Waals surface area contributed by atoms with E-state index in [0.717, 1.165) is 6.07 Å². The summed E-state index contributed by atoms with van der Waals surface area (Å²) < 4.78 is 18.6. The Morgan fingerprint density at radius 1 is 1.33 bits per heavy atom. The van der Waals surface area contributed by atoms with Gasteiger partial charge in [0.15, 0.2) is 0 Å². The van der Waals surface area contributed by atoms with Crippen LogP contribution < -0.4 is 5.46 Å². The zero-order chi connectivity index (χ0) is 14.1. The molecule has 0 spiro atoms. The first-order chi connectivity index (χ1) is 8.11. The number of carbonyl (C=O) groups is 1. The zero-order valence-corrected chi connectivity index (χ0v) is 10.8. The van der Waals surface area contributed by atoms with E-state index in [9.17, 15) is 9.18 Å². The Kier molecular flexibility index (Phi) is 4.14.